The maximum absolute atomic E-state index is 13.8. The Morgan fingerprint density at radius 3 is 2.63 bits per heavy atom. The van der Waals surface area contributed by atoms with Crippen LogP contribution in [0.3, 0.4) is 0 Å². The average Bonchev–Trinajstić information content (AvgIpc) is 2.83. The number of nitrogens with zero attached hydrogens (tertiary/aromatic N) is 2. The van der Waals surface area contributed by atoms with E-state index in [-0.39, 0.29) is 23.4 Å². The van der Waals surface area contributed by atoms with Crippen molar-refractivity contribution in [2.24, 2.45) is 0 Å². The average molecular weight is 496 g/mol. The Balaban J connectivity index is 1.55. The molecule has 0 spiro atoms. The van der Waals surface area contributed by atoms with Crippen molar-refractivity contribution in [1.82, 2.24) is 15.2 Å². The first-order valence-electron chi connectivity index (χ1n) is 12.8. The summed E-state index contributed by atoms with van der Waals surface area (Å²) < 4.78 is 13.8. The number of amides is 1. The molecule has 4 nitrogen and oxygen atoms in total. The smallest absolute Gasteiger partial charge is 0.224 e. The van der Waals surface area contributed by atoms with Crippen LogP contribution in [0.4, 0.5) is 4.39 Å². The predicted octanol–water partition coefficient (Wildman–Crippen LogP) is 6.57. The molecule has 1 aliphatic heterocycles. The highest BCUT2D eigenvalue weighted by Crippen LogP contribution is 2.30. The van der Waals surface area contributed by atoms with E-state index in [9.17, 15) is 9.18 Å². The number of rotatable bonds is 9. The SMILES string of the molecule is CC(C)NC(=O)Cc1cc2cc(CCCCN3CCCCC3)ccc2nc1-c1ccc(F)c(Cl)c1. The molecule has 1 aliphatic rings. The summed E-state index contributed by atoms with van der Waals surface area (Å²) in [6.07, 6.45) is 7.64. The number of hydrogen-bond donors (Lipinski definition) is 1. The van der Waals surface area contributed by atoms with Gasteiger partial charge in [0.2, 0.25) is 5.91 Å². The van der Waals surface area contributed by atoms with E-state index < -0.39 is 5.82 Å². The fourth-order valence-corrected chi connectivity index (χ4v) is 5.03. The number of halogens is 2. The predicted molar refractivity (Wildman–Crippen MR) is 142 cm³/mol. The van der Waals surface area contributed by atoms with Crippen LogP contribution in [-0.4, -0.2) is 41.5 Å². The molecule has 1 N–H and O–H groups in total. The first kappa shape index (κ1) is 25.6. The van der Waals surface area contributed by atoms with Crippen molar-refractivity contribution >= 4 is 28.4 Å². The lowest BCUT2D eigenvalue weighted by atomic mass is 9.98. The number of unbranched alkanes of at least 4 members (excludes halogenated alkanes) is 1. The van der Waals surface area contributed by atoms with Gasteiger partial charge in [0.25, 0.3) is 0 Å². The van der Waals surface area contributed by atoms with Crippen LogP contribution >= 0.6 is 11.6 Å². The Kier molecular flexibility index (Phi) is 8.74. The van der Waals surface area contributed by atoms with Gasteiger partial charge >= 0.3 is 0 Å². The van der Waals surface area contributed by atoms with Crippen LogP contribution < -0.4 is 5.32 Å². The molecule has 3 aromatic rings. The molecular formula is C29H35ClFN3O. The minimum absolute atomic E-state index is 0.0434. The lowest BCUT2D eigenvalue weighted by Gasteiger charge is -2.26. The van der Waals surface area contributed by atoms with E-state index in [1.807, 2.05) is 26.0 Å². The summed E-state index contributed by atoms with van der Waals surface area (Å²) in [5.74, 6) is -0.537. The summed E-state index contributed by atoms with van der Waals surface area (Å²) in [4.78, 5) is 20.1. The van der Waals surface area contributed by atoms with Crippen LogP contribution in [0.25, 0.3) is 22.2 Å². The van der Waals surface area contributed by atoms with Gasteiger partial charge in [0.05, 0.1) is 22.7 Å². The number of fused-ring (bicyclic) bond motifs is 1. The first-order chi connectivity index (χ1) is 16.9. The quantitative estimate of drug-likeness (QED) is 0.341. The third kappa shape index (κ3) is 7.02. The number of nitrogens with one attached hydrogen (secondary N) is 1. The zero-order chi connectivity index (χ0) is 24.8. The van der Waals surface area contributed by atoms with Gasteiger partial charge in [0.1, 0.15) is 5.82 Å². The lowest BCUT2D eigenvalue weighted by Crippen LogP contribution is -2.31. The summed E-state index contributed by atoms with van der Waals surface area (Å²) >= 11 is 6.05. The van der Waals surface area contributed by atoms with Gasteiger partial charge in [-0.05, 0) is 113 Å². The second-order valence-corrected chi connectivity index (χ2v) is 10.3. The van der Waals surface area contributed by atoms with Gasteiger partial charge in [0.15, 0.2) is 0 Å². The normalized spacial score (nSPS) is 14.5. The van der Waals surface area contributed by atoms with Crippen LogP contribution in [0.5, 0.6) is 0 Å². The topological polar surface area (TPSA) is 45.2 Å². The molecule has 2 aromatic carbocycles. The third-order valence-electron chi connectivity index (χ3n) is 6.59. The molecule has 35 heavy (non-hydrogen) atoms. The molecule has 1 aromatic heterocycles. The Morgan fingerprint density at radius 2 is 1.89 bits per heavy atom. The molecule has 0 bridgehead atoms. The van der Waals surface area contributed by atoms with Crippen molar-refractivity contribution in [3.05, 3.63) is 64.4 Å². The Morgan fingerprint density at radius 1 is 1.09 bits per heavy atom. The van der Waals surface area contributed by atoms with Crippen molar-refractivity contribution in [3.63, 3.8) is 0 Å². The number of pyridine rings is 1. The summed E-state index contributed by atoms with van der Waals surface area (Å²) in [6, 6.07) is 13.1. The van der Waals surface area contributed by atoms with Crippen LogP contribution in [-0.2, 0) is 17.6 Å². The minimum atomic E-state index is -0.472. The number of carbonyl (C=O) groups is 1. The van der Waals surface area contributed by atoms with Gasteiger partial charge in [-0.1, -0.05) is 24.1 Å². The summed E-state index contributed by atoms with van der Waals surface area (Å²) in [6.45, 7) is 7.56. The highest BCUT2D eigenvalue weighted by atomic mass is 35.5. The molecule has 6 heteroatoms. The first-order valence-corrected chi connectivity index (χ1v) is 13.2. The number of carbonyl (C=O) groups excluding carboxylic acids is 1. The largest absolute Gasteiger partial charge is 0.354 e. The molecular weight excluding hydrogens is 461 g/mol. The van der Waals surface area contributed by atoms with E-state index >= 15 is 0 Å². The Hall–Kier alpha value is -2.50. The molecule has 1 saturated heterocycles. The van der Waals surface area contributed by atoms with E-state index in [4.69, 9.17) is 16.6 Å². The number of benzene rings is 2. The van der Waals surface area contributed by atoms with Crippen LogP contribution in [0.15, 0.2) is 42.5 Å². The molecule has 1 amide bonds. The molecule has 0 unspecified atom stereocenters. The highest BCUT2D eigenvalue weighted by Gasteiger charge is 2.15. The maximum atomic E-state index is 13.8. The van der Waals surface area contributed by atoms with Crippen molar-refractivity contribution in [3.8, 4) is 11.3 Å². The monoisotopic (exact) mass is 495 g/mol. The van der Waals surface area contributed by atoms with Crippen LogP contribution in [0.2, 0.25) is 5.02 Å². The number of hydrogen-bond acceptors (Lipinski definition) is 3. The van der Waals surface area contributed by atoms with Crippen molar-refractivity contribution in [2.75, 3.05) is 19.6 Å². The van der Waals surface area contributed by atoms with Gasteiger partial charge in [-0.3, -0.25) is 4.79 Å². The molecule has 0 atom stereocenters. The zero-order valence-corrected chi connectivity index (χ0v) is 21.5. The number of aryl methyl sites for hydroxylation is 1. The Bertz CT molecular complexity index is 1170. The number of piperidine rings is 1. The maximum Gasteiger partial charge on any atom is 0.224 e. The fraction of sp³-hybridized carbons (Fsp3) is 0.448. The van der Waals surface area contributed by atoms with E-state index in [0.29, 0.717) is 11.3 Å². The lowest BCUT2D eigenvalue weighted by molar-refractivity contribution is -0.120. The molecule has 1 fully saturated rings. The van der Waals surface area contributed by atoms with Gasteiger partial charge in [-0.25, -0.2) is 9.37 Å². The van der Waals surface area contributed by atoms with E-state index in [0.717, 1.165) is 29.3 Å². The van der Waals surface area contributed by atoms with Crippen molar-refractivity contribution in [1.29, 1.82) is 0 Å². The van der Waals surface area contributed by atoms with Crippen LogP contribution in [0, 0.1) is 5.82 Å². The van der Waals surface area contributed by atoms with Crippen molar-refractivity contribution in [2.45, 2.75) is 64.8 Å². The molecule has 0 radical (unpaired) electrons. The Labute approximate surface area is 212 Å². The van der Waals surface area contributed by atoms with Gasteiger partial charge < -0.3 is 10.2 Å². The highest BCUT2D eigenvalue weighted by molar-refractivity contribution is 6.31. The molecule has 2 heterocycles. The summed E-state index contributed by atoms with van der Waals surface area (Å²) in [7, 11) is 0. The minimum Gasteiger partial charge on any atom is -0.354 e. The van der Waals surface area contributed by atoms with Crippen LogP contribution in [0.1, 0.15) is 57.1 Å². The van der Waals surface area contributed by atoms with Gasteiger partial charge in [-0.2, -0.15) is 0 Å². The standard InChI is InChI=1S/C29H35ClFN3O/c1-20(2)32-28(35)19-24-17-23-16-21(8-4-7-15-34-13-5-3-6-14-34)9-12-27(23)33-29(24)22-10-11-26(31)25(30)18-22/h9-12,16-18,20H,3-8,13-15,19H2,1-2H3,(H,32,35). The van der Waals surface area contributed by atoms with Crippen molar-refractivity contribution < 1.29 is 9.18 Å². The second-order valence-electron chi connectivity index (χ2n) is 9.91. The zero-order valence-electron chi connectivity index (χ0n) is 20.7. The molecule has 0 saturated carbocycles. The molecule has 4 rings (SSSR count). The van der Waals surface area contributed by atoms with Gasteiger partial charge in [-0.15, -0.1) is 0 Å². The summed E-state index contributed by atoms with van der Waals surface area (Å²) in [5.41, 5.74) is 4.30. The molecule has 186 valence electrons. The number of aromatic nitrogens is 1. The third-order valence-corrected chi connectivity index (χ3v) is 6.88. The van der Waals surface area contributed by atoms with E-state index in [2.05, 4.69) is 22.3 Å². The second kappa shape index (κ2) is 12.0. The number of likely N-dealkylation sites (tertiary alicyclic amines) is 1. The summed E-state index contributed by atoms with van der Waals surface area (Å²) in [5, 5.41) is 4.01. The fourth-order valence-electron chi connectivity index (χ4n) is 4.85. The van der Waals surface area contributed by atoms with E-state index in [1.165, 1.54) is 56.9 Å². The molecule has 0 aliphatic carbocycles. The van der Waals surface area contributed by atoms with Gasteiger partial charge in [0, 0.05) is 17.0 Å². The van der Waals surface area contributed by atoms with E-state index in [1.54, 1.807) is 12.1 Å².